The summed E-state index contributed by atoms with van der Waals surface area (Å²) in [5.41, 5.74) is 2.23. The number of aromatic nitrogens is 3. The summed E-state index contributed by atoms with van der Waals surface area (Å²) in [5, 5.41) is 10.1. The Kier molecular flexibility index (Phi) is 5.53. The van der Waals surface area contributed by atoms with Gasteiger partial charge < -0.3 is 15.5 Å². The van der Waals surface area contributed by atoms with Crippen molar-refractivity contribution in [3.63, 3.8) is 0 Å². The maximum Gasteiger partial charge on any atom is 0.315 e. The lowest BCUT2D eigenvalue weighted by Crippen LogP contribution is -2.42. The van der Waals surface area contributed by atoms with Gasteiger partial charge in [0.1, 0.15) is 0 Å². The minimum absolute atomic E-state index is 0.0535. The van der Waals surface area contributed by atoms with Crippen LogP contribution in [0.3, 0.4) is 0 Å². The Balaban J connectivity index is 1.38. The van der Waals surface area contributed by atoms with Gasteiger partial charge in [0.2, 0.25) is 0 Å². The van der Waals surface area contributed by atoms with Crippen LogP contribution in [0, 0.1) is 5.92 Å². The van der Waals surface area contributed by atoms with Crippen LogP contribution in [-0.2, 0) is 7.05 Å². The molecule has 1 fully saturated rings. The van der Waals surface area contributed by atoms with Crippen molar-refractivity contribution in [3.05, 3.63) is 42.5 Å². The van der Waals surface area contributed by atoms with Crippen LogP contribution in [0.1, 0.15) is 31.4 Å². The predicted octanol–water partition coefficient (Wildman–Crippen LogP) is 2.09. The first kappa shape index (κ1) is 17.3. The number of rotatable bonds is 5. The molecule has 0 spiro atoms. The zero-order valence-corrected chi connectivity index (χ0v) is 14.9. The van der Waals surface area contributed by atoms with E-state index < -0.39 is 0 Å². The molecule has 2 N–H and O–H groups in total. The van der Waals surface area contributed by atoms with Crippen molar-refractivity contribution in [2.24, 2.45) is 13.0 Å². The molecule has 1 atom stereocenters. The monoisotopic (exact) mass is 342 g/mol. The molecule has 1 saturated heterocycles. The molecule has 2 amide bonds. The van der Waals surface area contributed by atoms with Crippen LogP contribution in [0.25, 0.3) is 0 Å². The van der Waals surface area contributed by atoms with Gasteiger partial charge in [-0.15, -0.1) is 0 Å². The van der Waals surface area contributed by atoms with Gasteiger partial charge in [-0.2, -0.15) is 5.10 Å². The number of anilines is 1. The van der Waals surface area contributed by atoms with Crippen molar-refractivity contribution in [3.8, 4) is 0 Å². The molecule has 7 nitrogen and oxygen atoms in total. The summed E-state index contributed by atoms with van der Waals surface area (Å²) in [4.78, 5) is 18.5. The van der Waals surface area contributed by atoms with Gasteiger partial charge in [-0.05, 0) is 37.8 Å². The van der Waals surface area contributed by atoms with Crippen LogP contribution in [0.5, 0.6) is 0 Å². The van der Waals surface area contributed by atoms with E-state index in [1.54, 1.807) is 10.9 Å². The van der Waals surface area contributed by atoms with Crippen molar-refractivity contribution in [2.75, 3.05) is 24.5 Å². The molecule has 1 aliphatic rings. The molecule has 0 aromatic carbocycles. The first-order valence-electron chi connectivity index (χ1n) is 8.79. The Hall–Kier alpha value is -2.57. The van der Waals surface area contributed by atoms with Gasteiger partial charge in [0.15, 0.2) is 0 Å². The van der Waals surface area contributed by atoms with Crippen LogP contribution in [0.2, 0.25) is 0 Å². The standard InChI is InChI=1S/C18H26N6O/c1-14(16-12-21-23(2)13-16)22-18(25)20-11-15-5-9-24(10-6-15)17-3-7-19-8-4-17/h3-4,7-8,12-15H,5-6,9-11H2,1-2H3,(H2,20,22,25)/t14-/m1/s1. The number of carbonyl (C=O) groups is 1. The Morgan fingerprint density at radius 2 is 2.04 bits per heavy atom. The van der Waals surface area contributed by atoms with Crippen molar-refractivity contribution >= 4 is 11.7 Å². The molecule has 2 aromatic rings. The Morgan fingerprint density at radius 1 is 1.32 bits per heavy atom. The molecule has 3 rings (SSSR count). The summed E-state index contributed by atoms with van der Waals surface area (Å²) in [6, 6.07) is 3.92. The van der Waals surface area contributed by atoms with E-state index in [9.17, 15) is 4.79 Å². The fraction of sp³-hybridized carbons (Fsp3) is 0.500. The first-order valence-corrected chi connectivity index (χ1v) is 8.79. The zero-order chi connectivity index (χ0) is 17.6. The van der Waals surface area contributed by atoms with Gasteiger partial charge in [0.25, 0.3) is 0 Å². The SMILES string of the molecule is C[C@@H](NC(=O)NCC1CCN(c2ccncc2)CC1)c1cnn(C)c1. The highest BCUT2D eigenvalue weighted by molar-refractivity contribution is 5.74. The van der Waals surface area contributed by atoms with Crippen molar-refractivity contribution in [2.45, 2.75) is 25.8 Å². The average Bonchev–Trinajstić information content (AvgIpc) is 3.08. The quantitative estimate of drug-likeness (QED) is 0.872. The molecule has 7 heteroatoms. The van der Waals surface area contributed by atoms with Gasteiger partial charge >= 0.3 is 6.03 Å². The highest BCUT2D eigenvalue weighted by Gasteiger charge is 2.20. The second-order valence-corrected chi connectivity index (χ2v) is 6.66. The normalized spacial score (nSPS) is 16.5. The summed E-state index contributed by atoms with van der Waals surface area (Å²) in [7, 11) is 1.87. The average molecular weight is 342 g/mol. The Morgan fingerprint density at radius 3 is 2.68 bits per heavy atom. The molecule has 25 heavy (non-hydrogen) atoms. The van der Waals surface area contributed by atoms with E-state index >= 15 is 0 Å². The second kappa shape index (κ2) is 8.00. The van der Waals surface area contributed by atoms with E-state index in [1.807, 2.05) is 44.7 Å². The van der Waals surface area contributed by atoms with E-state index in [1.165, 1.54) is 5.69 Å². The fourth-order valence-electron chi connectivity index (χ4n) is 3.18. The molecule has 0 bridgehead atoms. The van der Waals surface area contributed by atoms with E-state index in [0.717, 1.165) is 38.0 Å². The number of aryl methyl sites for hydroxylation is 1. The molecule has 3 heterocycles. The Labute approximate surface area is 148 Å². The lowest BCUT2D eigenvalue weighted by Gasteiger charge is -2.33. The molecule has 0 saturated carbocycles. The Bertz CT molecular complexity index is 678. The molecule has 0 radical (unpaired) electrons. The van der Waals surface area contributed by atoms with Gasteiger partial charge in [-0.1, -0.05) is 0 Å². The summed E-state index contributed by atoms with van der Waals surface area (Å²) < 4.78 is 1.74. The number of nitrogens with zero attached hydrogens (tertiary/aromatic N) is 4. The fourth-order valence-corrected chi connectivity index (χ4v) is 3.18. The number of nitrogens with one attached hydrogen (secondary N) is 2. The largest absolute Gasteiger partial charge is 0.371 e. The minimum atomic E-state index is -0.118. The van der Waals surface area contributed by atoms with Crippen molar-refractivity contribution in [1.82, 2.24) is 25.4 Å². The molecule has 0 aliphatic carbocycles. The second-order valence-electron chi connectivity index (χ2n) is 6.66. The molecule has 0 unspecified atom stereocenters. The number of piperidine rings is 1. The summed E-state index contributed by atoms with van der Waals surface area (Å²) in [6.07, 6.45) is 9.52. The smallest absolute Gasteiger partial charge is 0.315 e. The first-order chi connectivity index (χ1) is 12.1. The van der Waals surface area contributed by atoms with Crippen LogP contribution < -0.4 is 15.5 Å². The third kappa shape index (κ3) is 4.71. The van der Waals surface area contributed by atoms with Gasteiger partial charge in [-0.25, -0.2) is 4.79 Å². The van der Waals surface area contributed by atoms with Gasteiger partial charge in [0.05, 0.1) is 12.2 Å². The number of urea groups is 1. The van der Waals surface area contributed by atoms with E-state index in [-0.39, 0.29) is 12.1 Å². The lowest BCUT2D eigenvalue weighted by atomic mass is 9.96. The van der Waals surface area contributed by atoms with Crippen LogP contribution >= 0.6 is 0 Å². The third-order valence-corrected chi connectivity index (χ3v) is 4.77. The molecule has 2 aromatic heterocycles. The molecular weight excluding hydrogens is 316 g/mol. The van der Waals surface area contributed by atoms with E-state index in [2.05, 4.69) is 25.6 Å². The third-order valence-electron chi connectivity index (χ3n) is 4.77. The van der Waals surface area contributed by atoms with Crippen LogP contribution in [0.15, 0.2) is 36.9 Å². The number of pyridine rings is 1. The van der Waals surface area contributed by atoms with Crippen molar-refractivity contribution < 1.29 is 4.79 Å². The maximum atomic E-state index is 12.1. The van der Waals surface area contributed by atoms with E-state index in [0.29, 0.717) is 5.92 Å². The van der Waals surface area contributed by atoms with Crippen molar-refractivity contribution in [1.29, 1.82) is 0 Å². The summed E-state index contributed by atoms with van der Waals surface area (Å²) >= 11 is 0. The summed E-state index contributed by atoms with van der Waals surface area (Å²) in [6.45, 7) is 4.72. The van der Waals surface area contributed by atoms with Gasteiger partial charge in [0, 0.05) is 56.5 Å². The highest BCUT2D eigenvalue weighted by Crippen LogP contribution is 2.22. The van der Waals surface area contributed by atoms with Crippen LogP contribution in [-0.4, -0.2) is 40.4 Å². The van der Waals surface area contributed by atoms with Crippen LogP contribution in [0.4, 0.5) is 10.5 Å². The number of hydrogen-bond donors (Lipinski definition) is 2. The summed E-state index contributed by atoms with van der Waals surface area (Å²) in [5.74, 6) is 0.525. The van der Waals surface area contributed by atoms with E-state index in [4.69, 9.17) is 0 Å². The van der Waals surface area contributed by atoms with Gasteiger partial charge in [-0.3, -0.25) is 9.67 Å². The topological polar surface area (TPSA) is 75.1 Å². The predicted molar refractivity (Wildman–Crippen MR) is 97.3 cm³/mol. The highest BCUT2D eigenvalue weighted by atomic mass is 16.2. The number of hydrogen-bond acceptors (Lipinski definition) is 4. The lowest BCUT2D eigenvalue weighted by molar-refractivity contribution is 0.234. The zero-order valence-electron chi connectivity index (χ0n) is 14.9. The minimum Gasteiger partial charge on any atom is -0.371 e. The number of amides is 2. The maximum absolute atomic E-state index is 12.1. The molecule has 1 aliphatic heterocycles. The molecule has 134 valence electrons. The number of carbonyl (C=O) groups excluding carboxylic acids is 1. The molecular formula is C18H26N6O.